The highest BCUT2D eigenvalue weighted by Crippen LogP contribution is 2.13. The van der Waals surface area contributed by atoms with Gasteiger partial charge in [-0.2, -0.15) is 0 Å². The smallest absolute Gasteiger partial charge is 0.243 e. The molecule has 0 radical (unpaired) electrons. The van der Waals surface area contributed by atoms with Gasteiger partial charge in [0, 0.05) is 44.0 Å². The van der Waals surface area contributed by atoms with Gasteiger partial charge in [-0.1, -0.05) is 42.5 Å². The van der Waals surface area contributed by atoms with E-state index in [-0.39, 0.29) is 37.9 Å². The summed E-state index contributed by atoms with van der Waals surface area (Å²) < 4.78 is 0. The maximum Gasteiger partial charge on any atom is 0.243 e. The Bertz CT molecular complexity index is 2440. The number of carbonyl (C=O) groups excluding carboxylic acids is 11. The van der Waals surface area contributed by atoms with Gasteiger partial charge in [0.1, 0.15) is 54.1 Å². The molecule has 74 heavy (non-hydrogen) atoms. The van der Waals surface area contributed by atoms with E-state index in [2.05, 4.69) is 57.8 Å². The lowest BCUT2D eigenvalue weighted by Crippen LogP contribution is -2.59. The second-order valence-electron chi connectivity index (χ2n) is 17.7. The number of phenols is 1. The van der Waals surface area contributed by atoms with Crippen molar-refractivity contribution in [3.05, 3.63) is 83.9 Å². The van der Waals surface area contributed by atoms with Crippen LogP contribution >= 0.6 is 0 Å². The molecule has 17 N–H and O–H groups in total. The van der Waals surface area contributed by atoms with Crippen LogP contribution in [0.5, 0.6) is 5.75 Å². The minimum atomic E-state index is -1.54. The molecule has 0 spiro atoms. The number of amides is 11. The monoisotopic (exact) mass is 1030 g/mol. The number of unbranched alkanes of at least 4 members (excludes halogenated alkanes) is 1. The van der Waals surface area contributed by atoms with E-state index >= 15 is 0 Å². The summed E-state index contributed by atoms with van der Waals surface area (Å²) in [5.74, 6) is -9.86. The van der Waals surface area contributed by atoms with Gasteiger partial charge in [0.2, 0.25) is 65.0 Å². The SMILES string of the molecule is C[C@@H]1NC(=O)CC[C@@H](C(=O)N[C@@H](CCCCN)C(N)=O)NC(=O)[C@H](C)NC(=O)[C@H](Cc2ccccc2)NC(=O)[C@H](Cc2cnc[nH]2)NC(=O)CNC(=O)[C@H](Cc2ccc(O)cc2)NC(=O)[C@H](CCC(N)=O)NC1=O. The molecule has 11 amide bonds. The van der Waals surface area contributed by atoms with Gasteiger partial charge < -0.3 is 75.1 Å². The Kier molecular flexibility index (Phi) is 22.9. The zero-order chi connectivity index (χ0) is 54.3. The molecule has 26 heteroatoms. The number of hydrogen-bond acceptors (Lipinski definition) is 14. The fourth-order valence-corrected chi connectivity index (χ4v) is 7.54. The average Bonchev–Trinajstić information content (AvgIpc) is 3.88. The minimum Gasteiger partial charge on any atom is -0.508 e. The maximum absolute atomic E-state index is 14.2. The van der Waals surface area contributed by atoms with Crippen molar-refractivity contribution in [2.75, 3.05) is 13.1 Å². The number of H-pyrrole nitrogens is 1. The van der Waals surface area contributed by atoms with Gasteiger partial charge >= 0.3 is 0 Å². The van der Waals surface area contributed by atoms with Gasteiger partial charge in [-0.15, -0.1) is 0 Å². The lowest BCUT2D eigenvalue weighted by molar-refractivity contribution is -0.135. The van der Waals surface area contributed by atoms with Crippen LogP contribution in [0.3, 0.4) is 0 Å². The van der Waals surface area contributed by atoms with Crippen LogP contribution in [0.4, 0.5) is 0 Å². The summed E-state index contributed by atoms with van der Waals surface area (Å²) in [7, 11) is 0. The third kappa shape index (κ3) is 19.6. The second kappa shape index (κ2) is 29.2. The van der Waals surface area contributed by atoms with Crippen LogP contribution in [0.15, 0.2) is 67.1 Å². The number of aromatic amines is 1. The number of hydrogen-bond donors (Lipinski definition) is 14. The van der Waals surface area contributed by atoms with Gasteiger partial charge in [-0.3, -0.25) is 52.7 Å². The van der Waals surface area contributed by atoms with E-state index in [0.717, 1.165) is 0 Å². The predicted octanol–water partition coefficient (Wildman–Crippen LogP) is -4.15. The Morgan fingerprint density at radius 3 is 1.88 bits per heavy atom. The van der Waals surface area contributed by atoms with Crippen LogP contribution in [0, 0.1) is 0 Å². The van der Waals surface area contributed by atoms with Crippen molar-refractivity contribution < 1.29 is 57.8 Å². The molecule has 0 unspecified atom stereocenters. The first-order valence-electron chi connectivity index (χ1n) is 24.0. The first kappa shape index (κ1) is 58.2. The van der Waals surface area contributed by atoms with Crippen LogP contribution in [-0.4, -0.2) is 141 Å². The Morgan fingerprint density at radius 2 is 1.26 bits per heavy atom. The lowest BCUT2D eigenvalue weighted by Gasteiger charge is -2.26. The molecule has 2 heterocycles. The van der Waals surface area contributed by atoms with Gasteiger partial charge in [0.15, 0.2) is 0 Å². The molecule has 8 atom stereocenters. The number of rotatable bonds is 16. The summed E-state index contributed by atoms with van der Waals surface area (Å²) in [6.45, 7) is 2.13. The summed E-state index contributed by atoms with van der Waals surface area (Å²) in [4.78, 5) is 155. The van der Waals surface area contributed by atoms with Crippen molar-refractivity contribution in [3.63, 3.8) is 0 Å². The van der Waals surface area contributed by atoms with Gasteiger partial charge in [0.05, 0.1) is 12.9 Å². The summed E-state index contributed by atoms with van der Waals surface area (Å²) in [6, 6.07) is 2.89. The van der Waals surface area contributed by atoms with Crippen LogP contribution in [0.2, 0.25) is 0 Å². The van der Waals surface area contributed by atoms with E-state index in [1.165, 1.54) is 50.6 Å². The van der Waals surface area contributed by atoms with Crippen molar-refractivity contribution in [3.8, 4) is 5.75 Å². The van der Waals surface area contributed by atoms with E-state index in [1.807, 2.05) is 0 Å². The lowest BCUT2D eigenvalue weighted by atomic mass is 10.0. The van der Waals surface area contributed by atoms with Crippen molar-refractivity contribution in [1.82, 2.24) is 57.8 Å². The molecular weight excluding hydrogens is 965 g/mol. The Hall–Kier alpha value is -8.42. The fourth-order valence-electron chi connectivity index (χ4n) is 7.54. The largest absolute Gasteiger partial charge is 0.508 e. The molecule has 1 aliphatic rings. The molecule has 0 aliphatic carbocycles. The molecule has 3 aromatic rings. The zero-order valence-electron chi connectivity index (χ0n) is 41.1. The number of carbonyl (C=O) groups is 11. The molecule has 2 aromatic carbocycles. The average molecular weight is 1030 g/mol. The van der Waals surface area contributed by atoms with E-state index in [0.29, 0.717) is 36.2 Å². The number of nitrogens with one attached hydrogen (secondary N) is 10. The number of aromatic nitrogens is 2. The Morgan fingerprint density at radius 1 is 0.676 bits per heavy atom. The highest BCUT2D eigenvalue weighted by molar-refractivity contribution is 5.98. The molecule has 1 saturated heterocycles. The molecule has 0 saturated carbocycles. The number of primary amides is 2. The van der Waals surface area contributed by atoms with Crippen LogP contribution < -0.4 is 65.1 Å². The van der Waals surface area contributed by atoms with E-state index in [4.69, 9.17) is 17.2 Å². The molecule has 1 aliphatic heterocycles. The first-order valence-corrected chi connectivity index (χ1v) is 24.0. The summed E-state index contributed by atoms with van der Waals surface area (Å²) >= 11 is 0. The third-order valence-electron chi connectivity index (χ3n) is 11.7. The second-order valence-corrected chi connectivity index (χ2v) is 17.7. The van der Waals surface area contributed by atoms with Crippen LogP contribution in [0.1, 0.15) is 75.6 Å². The molecule has 400 valence electrons. The summed E-state index contributed by atoms with van der Waals surface area (Å²) in [5, 5.41) is 32.5. The van der Waals surface area contributed by atoms with Crippen molar-refractivity contribution in [1.29, 1.82) is 0 Å². The van der Waals surface area contributed by atoms with Crippen molar-refractivity contribution in [2.45, 2.75) is 126 Å². The molecule has 1 fully saturated rings. The van der Waals surface area contributed by atoms with E-state index < -0.39 is 139 Å². The molecule has 26 nitrogen and oxygen atoms in total. The van der Waals surface area contributed by atoms with Crippen LogP contribution in [0.25, 0.3) is 0 Å². The van der Waals surface area contributed by atoms with Crippen LogP contribution in [-0.2, 0) is 72.0 Å². The fraction of sp³-hybridized carbons (Fsp3) is 0.458. The first-order chi connectivity index (χ1) is 35.2. The number of benzene rings is 2. The standard InChI is InChI=1S/C48H66N14O12/c1-26-42(68)59-33(15-17-38(50)64)46(72)61-35(21-29-11-13-31(63)14-12-29)44(70)53-24-40(66)57-37(22-30-23-52-25-54-30)48(74)62-36(20-28-8-4-3-5-9-28)47(73)56-27(2)43(69)60-34(16-18-39(65)55-26)45(71)58-32(41(51)67)10-6-7-19-49/h3-5,8-9,11-14,23,25-27,32-37,63H,6-7,10,15-22,24,49H2,1-2H3,(H2,50,64)(H2,51,67)(H,52,54)(H,53,70)(H,55,65)(H,56,73)(H,57,66)(H,58,71)(H,59,68)(H,60,69)(H,61,72)(H,62,74)/t26-,27-,32-,33-,34-,35-,36-,37-/m0/s1. The predicted molar refractivity (Wildman–Crippen MR) is 264 cm³/mol. The van der Waals surface area contributed by atoms with E-state index in [9.17, 15) is 57.8 Å². The van der Waals surface area contributed by atoms with Gasteiger partial charge in [-0.25, -0.2) is 4.98 Å². The minimum absolute atomic E-state index is 0.0930. The van der Waals surface area contributed by atoms with Gasteiger partial charge in [0.25, 0.3) is 0 Å². The number of aromatic hydroxyl groups is 1. The summed E-state index contributed by atoms with van der Waals surface area (Å²) in [5.41, 5.74) is 18.0. The number of nitrogens with two attached hydrogens (primary N) is 3. The maximum atomic E-state index is 14.2. The highest BCUT2D eigenvalue weighted by Gasteiger charge is 2.34. The van der Waals surface area contributed by atoms with Crippen molar-refractivity contribution in [2.24, 2.45) is 17.2 Å². The molecule has 4 rings (SSSR count). The molecular formula is C48H66N14O12. The van der Waals surface area contributed by atoms with E-state index in [1.54, 1.807) is 30.3 Å². The number of phenolic OH excluding ortho intramolecular Hbond substituents is 1. The third-order valence-corrected chi connectivity index (χ3v) is 11.7. The normalized spacial score (nSPS) is 22.7. The number of nitrogens with zero attached hydrogens (tertiary/aromatic N) is 1. The molecule has 1 aromatic heterocycles. The Balaban J connectivity index is 1.73. The number of imidazole rings is 1. The zero-order valence-corrected chi connectivity index (χ0v) is 41.1. The highest BCUT2D eigenvalue weighted by atomic mass is 16.3. The molecule has 0 bridgehead atoms. The van der Waals surface area contributed by atoms with Gasteiger partial charge in [-0.05, 0) is 75.8 Å². The van der Waals surface area contributed by atoms with Crippen molar-refractivity contribution >= 4 is 65.0 Å². The quantitative estimate of drug-likeness (QED) is 0.0607. The topological polar surface area (TPSA) is 423 Å². The Labute approximate surface area is 426 Å². The summed E-state index contributed by atoms with van der Waals surface area (Å²) in [6.07, 6.45) is 1.55.